The Bertz CT molecular complexity index is 323. The molecule has 0 aliphatic heterocycles. The van der Waals surface area contributed by atoms with E-state index in [9.17, 15) is 0 Å². The van der Waals surface area contributed by atoms with Crippen LogP contribution >= 0.6 is 0 Å². The van der Waals surface area contributed by atoms with E-state index in [2.05, 4.69) is 30.2 Å². The van der Waals surface area contributed by atoms with Crippen LogP contribution in [0.15, 0.2) is 18.5 Å². The van der Waals surface area contributed by atoms with E-state index in [0.717, 1.165) is 13.1 Å². The second-order valence-electron chi connectivity index (χ2n) is 5.45. The predicted molar refractivity (Wildman–Crippen MR) is 83.3 cm³/mol. The quantitative estimate of drug-likeness (QED) is 0.589. The molecule has 0 bridgehead atoms. The van der Waals surface area contributed by atoms with Gasteiger partial charge in [0, 0.05) is 18.9 Å². The highest BCUT2D eigenvalue weighted by molar-refractivity contribution is 5.20. The van der Waals surface area contributed by atoms with Crippen molar-refractivity contribution in [3.8, 4) is 0 Å². The maximum atomic E-state index is 4.12. The fourth-order valence-corrected chi connectivity index (χ4v) is 2.31. The fraction of sp³-hybridized carbons (Fsp3) is 0.706. The fourth-order valence-electron chi connectivity index (χ4n) is 2.31. The van der Waals surface area contributed by atoms with Crippen LogP contribution in [0.4, 0.5) is 0 Å². The van der Waals surface area contributed by atoms with Crippen molar-refractivity contribution in [2.45, 2.75) is 71.8 Å². The number of hydrogen-bond donors (Lipinski definition) is 1. The number of nitrogens with zero attached hydrogens (tertiary/aromatic N) is 1. The van der Waals surface area contributed by atoms with Gasteiger partial charge < -0.3 is 5.32 Å². The van der Waals surface area contributed by atoms with Gasteiger partial charge in [0.2, 0.25) is 0 Å². The molecule has 0 aromatic carbocycles. The molecule has 0 saturated carbocycles. The van der Waals surface area contributed by atoms with Gasteiger partial charge in [0.15, 0.2) is 0 Å². The van der Waals surface area contributed by atoms with E-state index in [1.807, 2.05) is 12.4 Å². The van der Waals surface area contributed by atoms with Gasteiger partial charge in [-0.2, -0.15) is 0 Å². The van der Waals surface area contributed by atoms with Crippen LogP contribution in [0.5, 0.6) is 0 Å². The highest BCUT2D eigenvalue weighted by atomic mass is 14.8. The molecule has 108 valence electrons. The van der Waals surface area contributed by atoms with Crippen LogP contribution in [0.3, 0.4) is 0 Å². The van der Waals surface area contributed by atoms with E-state index < -0.39 is 0 Å². The van der Waals surface area contributed by atoms with Crippen LogP contribution in [0, 0.1) is 6.92 Å². The van der Waals surface area contributed by atoms with Crippen molar-refractivity contribution in [1.82, 2.24) is 10.3 Å². The zero-order chi connectivity index (χ0) is 13.8. The standard InChI is InChI=1S/C17H30N2/c1-3-4-5-6-7-8-9-10-12-18-15-17-11-13-19-14-16(17)2/h11,13-14,18H,3-10,12,15H2,1-2H3. The highest BCUT2D eigenvalue weighted by Crippen LogP contribution is 2.08. The van der Waals surface area contributed by atoms with Gasteiger partial charge >= 0.3 is 0 Å². The van der Waals surface area contributed by atoms with Crippen LogP contribution in [0.1, 0.15) is 69.4 Å². The summed E-state index contributed by atoms with van der Waals surface area (Å²) in [5.74, 6) is 0. The maximum absolute atomic E-state index is 4.12. The molecule has 0 atom stereocenters. The second-order valence-corrected chi connectivity index (χ2v) is 5.45. The summed E-state index contributed by atoms with van der Waals surface area (Å²) in [7, 11) is 0. The average molecular weight is 262 g/mol. The Hall–Kier alpha value is -0.890. The Morgan fingerprint density at radius 3 is 2.37 bits per heavy atom. The molecule has 19 heavy (non-hydrogen) atoms. The summed E-state index contributed by atoms with van der Waals surface area (Å²) in [5.41, 5.74) is 2.65. The maximum Gasteiger partial charge on any atom is 0.0300 e. The van der Waals surface area contributed by atoms with Crippen LogP contribution in [0.25, 0.3) is 0 Å². The summed E-state index contributed by atoms with van der Waals surface area (Å²) in [6.07, 6.45) is 14.9. The molecule has 0 saturated heterocycles. The predicted octanol–water partition coefficient (Wildman–Crippen LogP) is 4.62. The first kappa shape index (κ1) is 16.2. The lowest BCUT2D eigenvalue weighted by atomic mass is 10.1. The van der Waals surface area contributed by atoms with Gasteiger partial charge in [-0.15, -0.1) is 0 Å². The van der Waals surface area contributed by atoms with E-state index in [1.54, 1.807) is 0 Å². The molecular weight excluding hydrogens is 232 g/mol. The Balaban J connectivity index is 1.90. The molecule has 0 unspecified atom stereocenters. The van der Waals surface area contributed by atoms with E-state index in [-0.39, 0.29) is 0 Å². The van der Waals surface area contributed by atoms with Crippen LogP contribution in [0.2, 0.25) is 0 Å². The minimum absolute atomic E-state index is 0.977. The zero-order valence-electron chi connectivity index (χ0n) is 12.8. The number of aromatic nitrogens is 1. The van der Waals surface area contributed by atoms with E-state index >= 15 is 0 Å². The molecule has 1 heterocycles. The van der Waals surface area contributed by atoms with Gasteiger partial charge in [0.1, 0.15) is 0 Å². The largest absolute Gasteiger partial charge is 0.313 e. The number of hydrogen-bond acceptors (Lipinski definition) is 2. The summed E-state index contributed by atoms with van der Waals surface area (Å²) in [5, 5.41) is 3.53. The molecule has 1 aromatic heterocycles. The molecule has 0 aliphatic carbocycles. The molecule has 0 radical (unpaired) electrons. The molecule has 1 rings (SSSR count). The molecule has 1 N–H and O–H groups in total. The topological polar surface area (TPSA) is 24.9 Å². The molecule has 0 fully saturated rings. The summed E-state index contributed by atoms with van der Waals surface area (Å²) >= 11 is 0. The first-order valence-corrected chi connectivity index (χ1v) is 7.94. The molecule has 2 heteroatoms. The third-order valence-electron chi connectivity index (χ3n) is 3.66. The van der Waals surface area contributed by atoms with Gasteiger partial charge in [0.05, 0.1) is 0 Å². The van der Waals surface area contributed by atoms with Gasteiger partial charge in [0.25, 0.3) is 0 Å². The Kier molecular flexibility index (Phi) is 9.34. The second kappa shape index (κ2) is 11.0. The SMILES string of the molecule is CCCCCCCCCCNCc1ccncc1C. The van der Waals surface area contributed by atoms with Gasteiger partial charge in [-0.3, -0.25) is 4.98 Å². The van der Waals surface area contributed by atoms with Gasteiger partial charge in [-0.1, -0.05) is 51.9 Å². The van der Waals surface area contributed by atoms with Crippen molar-refractivity contribution in [2.75, 3.05) is 6.54 Å². The van der Waals surface area contributed by atoms with Crippen molar-refractivity contribution in [3.05, 3.63) is 29.6 Å². The lowest BCUT2D eigenvalue weighted by Crippen LogP contribution is -2.15. The monoisotopic (exact) mass is 262 g/mol. The van der Waals surface area contributed by atoms with Crippen molar-refractivity contribution >= 4 is 0 Å². The van der Waals surface area contributed by atoms with Crippen LogP contribution in [-0.2, 0) is 6.54 Å². The normalized spacial score (nSPS) is 10.8. The van der Waals surface area contributed by atoms with Crippen molar-refractivity contribution in [1.29, 1.82) is 0 Å². The van der Waals surface area contributed by atoms with Gasteiger partial charge in [-0.25, -0.2) is 0 Å². The summed E-state index contributed by atoms with van der Waals surface area (Å²) in [4.78, 5) is 4.12. The summed E-state index contributed by atoms with van der Waals surface area (Å²) < 4.78 is 0. The lowest BCUT2D eigenvalue weighted by molar-refractivity contribution is 0.554. The number of aryl methyl sites for hydroxylation is 1. The molecule has 0 spiro atoms. The first-order chi connectivity index (χ1) is 9.34. The van der Waals surface area contributed by atoms with Crippen molar-refractivity contribution in [3.63, 3.8) is 0 Å². The van der Waals surface area contributed by atoms with Crippen LogP contribution in [-0.4, -0.2) is 11.5 Å². The number of unbranched alkanes of at least 4 members (excludes halogenated alkanes) is 7. The lowest BCUT2D eigenvalue weighted by Gasteiger charge is -2.07. The van der Waals surface area contributed by atoms with Crippen LogP contribution < -0.4 is 5.32 Å². The van der Waals surface area contributed by atoms with Crippen molar-refractivity contribution in [2.24, 2.45) is 0 Å². The summed E-state index contributed by atoms with van der Waals surface area (Å²) in [6, 6.07) is 2.11. The first-order valence-electron chi connectivity index (χ1n) is 7.94. The number of pyridine rings is 1. The van der Waals surface area contributed by atoms with Crippen molar-refractivity contribution < 1.29 is 0 Å². The molecule has 0 aliphatic rings. The minimum Gasteiger partial charge on any atom is -0.313 e. The Morgan fingerprint density at radius 1 is 1.00 bits per heavy atom. The van der Waals surface area contributed by atoms with E-state index in [1.165, 1.54) is 62.5 Å². The van der Waals surface area contributed by atoms with E-state index in [0.29, 0.717) is 0 Å². The Morgan fingerprint density at radius 2 is 1.68 bits per heavy atom. The summed E-state index contributed by atoms with van der Waals surface area (Å²) in [6.45, 7) is 6.51. The number of rotatable bonds is 11. The Labute approximate surface area is 119 Å². The smallest absolute Gasteiger partial charge is 0.0300 e. The highest BCUT2D eigenvalue weighted by Gasteiger charge is 1.96. The third-order valence-corrected chi connectivity index (χ3v) is 3.66. The third kappa shape index (κ3) is 7.99. The van der Waals surface area contributed by atoms with Gasteiger partial charge in [-0.05, 0) is 37.1 Å². The molecule has 1 aromatic rings. The molecule has 0 amide bonds. The zero-order valence-corrected chi connectivity index (χ0v) is 12.8. The number of nitrogens with one attached hydrogen (secondary N) is 1. The molecular formula is C17H30N2. The molecule has 2 nitrogen and oxygen atoms in total. The van der Waals surface area contributed by atoms with E-state index in [4.69, 9.17) is 0 Å². The average Bonchev–Trinajstić information content (AvgIpc) is 2.43. The minimum atomic E-state index is 0.977.